The highest BCUT2D eigenvalue weighted by Gasteiger charge is 1.95. The summed E-state index contributed by atoms with van der Waals surface area (Å²) in [6.45, 7) is 5.96. The van der Waals surface area contributed by atoms with E-state index in [4.69, 9.17) is 10.5 Å². The lowest BCUT2D eigenvalue weighted by atomic mass is 10.2. The van der Waals surface area contributed by atoms with Crippen LogP contribution in [0, 0.1) is 0 Å². The summed E-state index contributed by atoms with van der Waals surface area (Å²) in [7, 11) is 0. The molecule has 1 aromatic rings. The van der Waals surface area contributed by atoms with Crippen LogP contribution in [0.1, 0.15) is 25.8 Å². The molecule has 0 fully saturated rings. The highest BCUT2D eigenvalue weighted by atomic mass is 16.5. The highest BCUT2D eigenvalue weighted by Crippen LogP contribution is 2.02. The first-order chi connectivity index (χ1) is 7.83. The first kappa shape index (κ1) is 15.5. The van der Waals surface area contributed by atoms with Crippen LogP contribution in [0.25, 0.3) is 0 Å². The molecule has 0 aliphatic rings. The molecule has 1 aromatic carbocycles. The lowest BCUT2D eigenvalue weighted by Gasteiger charge is -2.11. The second-order valence-electron chi connectivity index (χ2n) is 3.62. The van der Waals surface area contributed by atoms with Crippen molar-refractivity contribution < 1.29 is 4.74 Å². The molecule has 0 saturated heterocycles. The highest BCUT2D eigenvalue weighted by molar-refractivity contribution is 5.13. The molecule has 17 heavy (non-hydrogen) atoms. The van der Waals surface area contributed by atoms with E-state index in [1.807, 2.05) is 30.3 Å². The van der Waals surface area contributed by atoms with Crippen molar-refractivity contribution in [3.8, 4) is 0 Å². The van der Waals surface area contributed by atoms with E-state index in [0.29, 0.717) is 12.5 Å². The Bertz CT molecular complexity index is 298. The monoisotopic (exact) mass is 236 g/mol. The van der Waals surface area contributed by atoms with Gasteiger partial charge in [-0.05, 0) is 31.5 Å². The van der Waals surface area contributed by atoms with Gasteiger partial charge in [0, 0.05) is 6.54 Å². The first-order valence-electron chi connectivity index (χ1n) is 5.62. The zero-order valence-electron chi connectivity index (χ0n) is 9.61. The van der Waals surface area contributed by atoms with Gasteiger partial charge < -0.3 is 15.8 Å². The molecule has 0 saturated carbocycles. The molecule has 3 heteroatoms. The Balaban J connectivity index is 0.00000256. The largest absolute Gasteiger partial charge is 0.475 e. The maximum absolute atomic E-state index is 5.47. The Morgan fingerprint density at radius 3 is 2.59 bits per heavy atom. The zero-order valence-corrected chi connectivity index (χ0v) is 9.61. The minimum atomic E-state index is 0. The van der Waals surface area contributed by atoms with Crippen molar-refractivity contribution in [2.45, 2.75) is 26.9 Å². The molecule has 1 rings (SSSR count). The van der Waals surface area contributed by atoms with E-state index in [0.717, 1.165) is 31.5 Å². The topological polar surface area (TPSA) is 47.3 Å². The maximum Gasteiger partial charge on any atom is 0.179 e. The molecule has 0 heterocycles. The van der Waals surface area contributed by atoms with Gasteiger partial charge in [0.05, 0.1) is 0 Å². The summed E-state index contributed by atoms with van der Waals surface area (Å²) in [5, 5.41) is 3.12. The molecule has 3 nitrogen and oxygen atoms in total. The van der Waals surface area contributed by atoms with Gasteiger partial charge >= 0.3 is 0 Å². The third kappa shape index (κ3) is 7.41. The van der Waals surface area contributed by atoms with Gasteiger partial charge in [0.2, 0.25) is 0 Å². The molecule has 0 amide bonds. The fourth-order valence-corrected chi connectivity index (χ4v) is 1.29. The molecular weight excluding hydrogens is 212 g/mol. The van der Waals surface area contributed by atoms with Crippen LogP contribution in [0.5, 0.6) is 0 Å². The van der Waals surface area contributed by atoms with Gasteiger partial charge in [0.15, 0.2) is 5.88 Å². The van der Waals surface area contributed by atoms with Crippen LogP contribution in [-0.4, -0.2) is 13.1 Å². The van der Waals surface area contributed by atoms with E-state index in [-0.39, 0.29) is 7.43 Å². The van der Waals surface area contributed by atoms with Crippen molar-refractivity contribution in [1.29, 1.82) is 0 Å². The Kier molecular flexibility index (Phi) is 8.88. The number of hydrogen-bond donors (Lipinski definition) is 2. The van der Waals surface area contributed by atoms with Crippen LogP contribution < -0.4 is 11.1 Å². The standard InChI is InChI=1S/C13H20N2O.CH4/c1-12(15-10-6-5-9-14)16-11-13-7-3-2-4-8-13;/h2-4,7-8,15H,1,5-6,9-11,14H2;1H4. The van der Waals surface area contributed by atoms with E-state index in [2.05, 4.69) is 11.9 Å². The molecule has 0 atom stereocenters. The number of benzene rings is 1. The second-order valence-corrected chi connectivity index (χ2v) is 3.62. The van der Waals surface area contributed by atoms with Crippen molar-refractivity contribution in [2.75, 3.05) is 13.1 Å². The van der Waals surface area contributed by atoms with Crippen LogP contribution in [-0.2, 0) is 11.3 Å². The van der Waals surface area contributed by atoms with Gasteiger partial charge in [-0.15, -0.1) is 0 Å². The maximum atomic E-state index is 5.47. The molecule has 96 valence electrons. The Morgan fingerprint density at radius 2 is 1.94 bits per heavy atom. The number of ether oxygens (including phenoxy) is 1. The molecule has 0 aromatic heterocycles. The average molecular weight is 236 g/mol. The third-order valence-electron chi connectivity index (χ3n) is 2.21. The van der Waals surface area contributed by atoms with Gasteiger partial charge in [-0.2, -0.15) is 0 Å². The quantitative estimate of drug-likeness (QED) is 0.539. The zero-order chi connectivity index (χ0) is 11.6. The molecule has 0 bridgehead atoms. The summed E-state index contributed by atoms with van der Waals surface area (Å²) in [5.74, 6) is 0.626. The van der Waals surface area contributed by atoms with Crippen molar-refractivity contribution in [3.63, 3.8) is 0 Å². The van der Waals surface area contributed by atoms with Crippen molar-refractivity contribution >= 4 is 0 Å². The molecule has 0 unspecified atom stereocenters. The summed E-state index contributed by atoms with van der Waals surface area (Å²) >= 11 is 0. The number of unbranched alkanes of at least 4 members (excludes halogenated alkanes) is 1. The molecule has 0 spiro atoms. The summed E-state index contributed by atoms with van der Waals surface area (Å²) < 4.78 is 5.47. The number of nitrogens with one attached hydrogen (secondary N) is 1. The minimum Gasteiger partial charge on any atom is -0.475 e. The lowest BCUT2D eigenvalue weighted by Crippen LogP contribution is -2.17. The molecule has 0 aliphatic carbocycles. The van der Waals surface area contributed by atoms with Crippen LogP contribution in [0.2, 0.25) is 0 Å². The Labute approximate surface area is 105 Å². The average Bonchev–Trinajstić information content (AvgIpc) is 2.33. The van der Waals surface area contributed by atoms with Crippen LogP contribution in [0.15, 0.2) is 42.8 Å². The number of hydrogen-bond acceptors (Lipinski definition) is 3. The summed E-state index contributed by atoms with van der Waals surface area (Å²) in [4.78, 5) is 0. The Morgan fingerprint density at radius 1 is 1.24 bits per heavy atom. The fraction of sp³-hybridized carbons (Fsp3) is 0.429. The summed E-state index contributed by atoms with van der Waals surface area (Å²) in [6.07, 6.45) is 2.07. The van der Waals surface area contributed by atoms with Crippen molar-refractivity contribution in [3.05, 3.63) is 48.4 Å². The van der Waals surface area contributed by atoms with Crippen LogP contribution >= 0.6 is 0 Å². The lowest BCUT2D eigenvalue weighted by molar-refractivity contribution is 0.179. The predicted octanol–water partition coefficient (Wildman–Crippen LogP) is 2.64. The molecule has 0 radical (unpaired) electrons. The van der Waals surface area contributed by atoms with Crippen LogP contribution in [0.4, 0.5) is 0 Å². The van der Waals surface area contributed by atoms with Gasteiger partial charge in [-0.3, -0.25) is 0 Å². The summed E-state index contributed by atoms with van der Waals surface area (Å²) in [6, 6.07) is 10.0. The molecular formula is C14H24N2O. The van der Waals surface area contributed by atoms with Crippen LogP contribution in [0.3, 0.4) is 0 Å². The minimum absolute atomic E-state index is 0. The van der Waals surface area contributed by atoms with Gasteiger partial charge in [-0.25, -0.2) is 0 Å². The molecule has 3 N–H and O–H groups in total. The van der Waals surface area contributed by atoms with Gasteiger partial charge in [0.25, 0.3) is 0 Å². The smallest absolute Gasteiger partial charge is 0.179 e. The van der Waals surface area contributed by atoms with E-state index >= 15 is 0 Å². The first-order valence-corrected chi connectivity index (χ1v) is 5.62. The van der Waals surface area contributed by atoms with E-state index in [1.165, 1.54) is 0 Å². The SMILES string of the molecule is C.C=C(NCCCCN)OCc1ccccc1. The second kappa shape index (κ2) is 9.73. The predicted molar refractivity (Wildman–Crippen MR) is 73.4 cm³/mol. The molecule has 0 aliphatic heterocycles. The number of rotatable bonds is 8. The Hall–Kier alpha value is -1.48. The van der Waals surface area contributed by atoms with E-state index < -0.39 is 0 Å². The van der Waals surface area contributed by atoms with Gasteiger partial charge in [-0.1, -0.05) is 37.8 Å². The van der Waals surface area contributed by atoms with Crippen molar-refractivity contribution in [1.82, 2.24) is 5.32 Å². The number of nitrogens with two attached hydrogens (primary N) is 1. The van der Waals surface area contributed by atoms with Crippen molar-refractivity contribution in [2.24, 2.45) is 5.73 Å². The third-order valence-corrected chi connectivity index (χ3v) is 2.21. The van der Waals surface area contributed by atoms with E-state index in [9.17, 15) is 0 Å². The van der Waals surface area contributed by atoms with Gasteiger partial charge in [0.1, 0.15) is 6.61 Å². The van der Waals surface area contributed by atoms with E-state index in [1.54, 1.807) is 0 Å². The summed E-state index contributed by atoms with van der Waals surface area (Å²) in [5.41, 5.74) is 6.54. The fourth-order valence-electron chi connectivity index (χ4n) is 1.29. The normalized spacial score (nSPS) is 9.24.